The van der Waals surface area contributed by atoms with E-state index >= 15 is 0 Å². The van der Waals surface area contributed by atoms with E-state index in [1.54, 1.807) is 0 Å². The van der Waals surface area contributed by atoms with E-state index in [0.29, 0.717) is 25.7 Å². The molecule has 0 fully saturated rings. The van der Waals surface area contributed by atoms with Crippen LogP contribution < -0.4 is 0 Å². The van der Waals surface area contributed by atoms with Crippen molar-refractivity contribution >= 4 is 17.9 Å². The van der Waals surface area contributed by atoms with Crippen LogP contribution in [-0.2, 0) is 28.6 Å². The van der Waals surface area contributed by atoms with Gasteiger partial charge in [0, 0.05) is 19.3 Å². The summed E-state index contributed by atoms with van der Waals surface area (Å²) in [5.41, 5.74) is 0. The smallest absolute Gasteiger partial charge is 0.306 e. The first-order valence-electron chi connectivity index (χ1n) is 28.4. The second kappa shape index (κ2) is 56.7. The standard InChI is InChI=1S/C63H104O6/c1-4-7-10-13-16-19-22-25-28-30-31-33-35-38-41-44-47-50-53-56-62(65)68-59-60(58-67-61(64)55-52-49-46-43-40-37-34-27-24-21-18-15-12-9-6-3)69-63(66)57-54-51-48-45-42-39-36-32-29-26-23-20-17-14-11-8-5-2/h8,11,17-18,20-21,25-29,34,36,39-40,43,45,48,60H,4-7,9-10,12-16,19,22-24,30-33,35,37-38,41-42,44,46-47,49-59H2,1-3H3/b11-8-,20-17-,21-18-,28-25-,29-26-,34-27-,39-36-,43-40-,48-45-/t60-/m1/s1. The number of unbranched alkanes of at least 4 members (excludes halogenated alkanes) is 21. The summed E-state index contributed by atoms with van der Waals surface area (Å²) in [6, 6.07) is 0. The molecule has 0 saturated carbocycles. The zero-order chi connectivity index (χ0) is 50.0. The third-order valence-corrected chi connectivity index (χ3v) is 11.7. The second-order valence-corrected chi connectivity index (χ2v) is 18.5. The Labute approximate surface area is 425 Å². The van der Waals surface area contributed by atoms with Gasteiger partial charge in [-0.25, -0.2) is 0 Å². The average Bonchev–Trinajstić information content (AvgIpc) is 3.35. The molecule has 6 nitrogen and oxygen atoms in total. The molecule has 0 spiro atoms. The number of allylic oxidation sites excluding steroid dienone is 18. The van der Waals surface area contributed by atoms with E-state index in [1.165, 1.54) is 116 Å². The molecule has 0 bridgehead atoms. The Morgan fingerprint density at radius 3 is 1.00 bits per heavy atom. The minimum absolute atomic E-state index is 0.115. The lowest BCUT2D eigenvalue weighted by atomic mass is 10.1. The normalized spacial score (nSPS) is 12.9. The van der Waals surface area contributed by atoms with Crippen molar-refractivity contribution in [2.75, 3.05) is 13.2 Å². The number of rotatable bonds is 50. The first kappa shape index (κ1) is 65.1. The molecule has 0 heterocycles. The molecule has 0 aromatic rings. The van der Waals surface area contributed by atoms with Gasteiger partial charge in [0.1, 0.15) is 13.2 Å². The van der Waals surface area contributed by atoms with Crippen molar-refractivity contribution in [2.45, 2.75) is 258 Å². The molecule has 0 amide bonds. The summed E-state index contributed by atoms with van der Waals surface area (Å²) in [5, 5.41) is 0. The Morgan fingerprint density at radius 2 is 0.580 bits per heavy atom. The zero-order valence-electron chi connectivity index (χ0n) is 44.8. The zero-order valence-corrected chi connectivity index (χ0v) is 44.8. The van der Waals surface area contributed by atoms with Crippen molar-refractivity contribution in [3.05, 3.63) is 109 Å². The summed E-state index contributed by atoms with van der Waals surface area (Å²) in [4.78, 5) is 38.1. The summed E-state index contributed by atoms with van der Waals surface area (Å²) in [7, 11) is 0. The highest BCUT2D eigenvalue weighted by Gasteiger charge is 2.19. The lowest BCUT2D eigenvalue weighted by molar-refractivity contribution is -0.167. The summed E-state index contributed by atoms with van der Waals surface area (Å²) in [5.74, 6) is -1.02. The van der Waals surface area contributed by atoms with Crippen LogP contribution in [0.4, 0.5) is 0 Å². The number of ether oxygens (including phenoxy) is 3. The van der Waals surface area contributed by atoms with Gasteiger partial charge in [-0.1, -0.05) is 220 Å². The molecular formula is C63H104O6. The largest absolute Gasteiger partial charge is 0.462 e. The van der Waals surface area contributed by atoms with Gasteiger partial charge in [0.25, 0.3) is 0 Å². The van der Waals surface area contributed by atoms with Crippen LogP contribution >= 0.6 is 0 Å². The average molecular weight is 958 g/mol. The molecular weight excluding hydrogens is 853 g/mol. The molecule has 0 radical (unpaired) electrons. The van der Waals surface area contributed by atoms with E-state index in [2.05, 4.69) is 130 Å². The van der Waals surface area contributed by atoms with Crippen LogP contribution in [-0.4, -0.2) is 37.2 Å². The maximum absolute atomic E-state index is 12.8. The van der Waals surface area contributed by atoms with E-state index in [4.69, 9.17) is 14.2 Å². The minimum Gasteiger partial charge on any atom is -0.462 e. The molecule has 0 aromatic heterocycles. The van der Waals surface area contributed by atoms with E-state index in [0.717, 1.165) is 83.5 Å². The van der Waals surface area contributed by atoms with Gasteiger partial charge in [-0.3, -0.25) is 14.4 Å². The Balaban J connectivity index is 4.52. The first-order valence-corrected chi connectivity index (χ1v) is 28.4. The summed E-state index contributed by atoms with van der Waals surface area (Å²) in [6.45, 7) is 6.41. The fourth-order valence-corrected chi connectivity index (χ4v) is 7.48. The number of hydrogen-bond donors (Lipinski definition) is 0. The molecule has 392 valence electrons. The van der Waals surface area contributed by atoms with Gasteiger partial charge >= 0.3 is 17.9 Å². The molecule has 0 aliphatic heterocycles. The van der Waals surface area contributed by atoms with Crippen molar-refractivity contribution in [1.29, 1.82) is 0 Å². The van der Waals surface area contributed by atoms with Crippen molar-refractivity contribution in [3.63, 3.8) is 0 Å². The summed E-state index contributed by atoms with van der Waals surface area (Å²) in [6.07, 6.45) is 76.6. The van der Waals surface area contributed by atoms with Gasteiger partial charge in [-0.05, 0) is 122 Å². The maximum atomic E-state index is 12.8. The van der Waals surface area contributed by atoms with Crippen LogP contribution in [0.2, 0.25) is 0 Å². The highest BCUT2D eigenvalue weighted by molar-refractivity contribution is 5.71. The molecule has 0 aliphatic rings. The van der Waals surface area contributed by atoms with Crippen molar-refractivity contribution < 1.29 is 28.6 Å². The number of hydrogen-bond acceptors (Lipinski definition) is 6. The third-order valence-electron chi connectivity index (χ3n) is 11.7. The molecule has 0 rings (SSSR count). The van der Waals surface area contributed by atoms with E-state index < -0.39 is 6.10 Å². The third kappa shape index (κ3) is 54.9. The second-order valence-electron chi connectivity index (χ2n) is 18.5. The quantitative estimate of drug-likeness (QED) is 0.0262. The molecule has 0 aromatic carbocycles. The lowest BCUT2D eigenvalue weighted by Gasteiger charge is -2.18. The minimum atomic E-state index is -0.826. The number of carbonyl (C=O) groups is 3. The van der Waals surface area contributed by atoms with Crippen LogP contribution in [0.5, 0.6) is 0 Å². The first-order chi connectivity index (χ1) is 34.0. The molecule has 1 atom stereocenters. The van der Waals surface area contributed by atoms with Crippen LogP contribution in [0.25, 0.3) is 0 Å². The fourth-order valence-electron chi connectivity index (χ4n) is 7.48. The molecule has 0 aliphatic carbocycles. The Hall–Kier alpha value is -3.93. The van der Waals surface area contributed by atoms with Crippen LogP contribution in [0.15, 0.2) is 109 Å². The number of carbonyl (C=O) groups excluding carboxylic acids is 3. The van der Waals surface area contributed by atoms with Gasteiger partial charge in [-0.2, -0.15) is 0 Å². The molecule has 69 heavy (non-hydrogen) atoms. The Kier molecular flexibility index (Phi) is 53.4. The van der Waals surface area contributed by atoms with Gasteiger partial charge < -0.3 is 14.2 Å². The Bertz CT molecular complexity index is 1420. The van der Waals surface area contributed by atoms with Gasteiger partial charge in [0.15, 0.2) is 6.10 Å². The maximum Gasteiger partial charge on any atom is 0.306 e. The van der Waals surface area contributed by atoms with Crippen molar-refractivity contribution in [3.8, 4) is 0 Å². The van der Waals surface area contributed by atoms with Crippen LogP contribution in [0.3, 0.4) is 0 Å². The van der Waals surface area contributed by atoms with Crippen LogP contribution in [0.1, 0.15) is 252 Å². The van der Waals surface area contributed by atoms with E-state index in [9.17, 15) is 14.4 Å². The molecule has 6 heteroatoms. The SMILES string of the molecule is CC/C=C\C/C=C\C/C=C\C/C=C\C/C=C\CCCC(=O)O[C@H](COC(=O)CCCC/C=C\C/C=C\C/C=C\CCCCC)COC(=O)CCCCCCCCCCC/C=C\CCCCCCCC. The van der Waals surface area contributed by atoms with Gasteiger partial charge in [0.2, 0.25) is 0 Å². The van der Waals surface area contributed by atoms with Gasteiger partial charge in [0.05, 0.1) is 0 Å². The van der Waals surface area contributed by atoms with E-state index in [-0.39, 0.29) is 37.5 Å². The van der Waals surface area contributed by atoms with Crippen LogP contribution in [0, 0.1) is 0 Å². The van der Waals surface area contributed by atoms with Gasteiger partial charge in [-0.15, -0.1) is 0 Å². The van der Waals surface area contributed by atoms with Crippen molar-refractivity contribution in [2.24, 2.45) is 0 Å². The van der Waals surface area contributed by atoms with Crippen molar-refractivity contribution in [1.82, 2.24) is 0 Å². The van der Waals surface area contributed by atoms with E-state index in [1.807, 2.05) is 0 Å². The highest BCUT2D eigenvalue weighted by Crippen LogP contribution is 2.14. The molecule has 0 N–H and O–H groups in total. The Morgan fingerprint density at radius 1 is 0.304 bits per heavy atom. The fraction of sp³-hybridized carbons (Fsp3) is 0.667. The number of esters is 3. The monoisotopic (exact) mass is 957 g/mol. The predicted octanol–water partition coefficient (Wildman–Crippen LogP) is 19.1. The lowest BCUT2D eigenvalue weighted by Crippen LogP contribution is -2.30. The summed E-state index contributed by atoms with van der Waals surface area (Å²) >= 11 is 0. The highest BCUT2D eigenvalue weighted by atomic mass is 16.6. The predicted molar refractivity (Wildman–Crippen MR) is 297 cm³/mol. The summed E-state index contributed by atoms with van der Waals surface area (Å²) < 4.78 is 16.8. The topological polar surface area (TPSA) is 78.9 Å². The molecule has 0 saturated heterocycles. The molecule has 0 unspecified atom stereocenters.